The van der Waals surface area contributed by atoms with Crippen molar-refractivity contribution in [2.45, 2.75) is 13.0 Å². The van der Waals surface area contributed by atoms with Gasteiger partial charge in [0.25, 0.3) is 5.91 Å². The Labute approximate surface area is 117 Å². The Morgan fingerprint density at radius 1 is 1.26 bits per heavy atom. The molecule has 0 spiro atoms. The standard InChI is InChI=1S/C15H18N2OS/c1-12(17(2)13-7-4-3-5-8-13)11-16-15(18)14-9-6-10-19-14/h3-10,12H,11H2,1-2H3,(H,16,18)/t12-/m0/s1. The Morgan fingerprint density at radius 3 is 2.63 bits per heavy atom. The van der Waals surface area contributed by atoms with E-state index in [1.54, 1.807) is 0 Å². The van der Waals surface area contributed by atoms with Gasteiger partial charge in [0, 0.05) is 25.3 Å². The van der Waals surface area contributed by atoms with E-state index < -0.39 is 0 Å². The molecular weight excluding hydrogens is 256 g/mol. The van der Waals surface area contributed by atoms with E-state index in [4.69, 9.17) is 0 Å². The molecule has 0 saturated carbocycles. The summed E-state index contributed by atoms with van der Waals surface area (Å²) in [6.45, 7) is 2.73. The summed E-state index contributed by atoms with van der Waals surface area (Å²) in [5, 5.41) is 4.88. The van der Waals surface area contributed by atoms with E-state index in [2.05, 4.69) is 29.3 Å². The van der Waals surface area contributed by atoms with Crippen LogP contribution in [0.1, 0.15) is 16.6 Å². The van der Waals surface area contributed by atoms with Crippen molar-refractivity contribution in [3.05, 3.63) is 52.7 Å². The molecule has 1 amide bonds. The van der Waals surface area contributed by atoms with E-state index in [9.17, 15) is 4.79 Å². The van der Waals surface area contributed by atoms with Crippen molar-refractivity contribution in [3.8, 4) is 0 Å². The van der Waals surface area contributed by atoms with Gasteiger partial charge in [0.2, 0.25) is 0 Å². The van der Waals surface area contributed by atoms with Gasteiger partial charge in [-0.3, -0.25) is 4.79 Å². The number of hydrogen-bond acceptors (Lipinski definition) is 3. The fourth-order valence-corrected chi connectivity index (χ4v) is 2.43. The molecule has 1 N–H and O–H groups in total. The highest BCUT2D eigenvalue weighted by atomic mass is 32.1. The number of para-hydroxylation sites is 1. The lowest BCUT2D eigenvalue weighted by atomic mass is 10.2. The molecule has 0 unspecified atom stereocenters. The first-order valence-electron chi connectivity index (χ1n) is 6.28. The minimum atomic E-state index is 0.00307. The molecule has 2 rings (SSSR count). The molecule has 100 valence electrons. The topological polar surface area (TPSA) is 32.3 Å². The third-order valence-corrected chi connectivity index (χ3v) is 4.00. The number of carbonyl (C=O) groups excluding carboxylic acids is 1. The molecule has 1 atom stereocenters. The third-order valence-electron chi connectivity index (χ3n) is 3.13. The van der Waals surface area contributed by atoms with Gasteiger partial charge in [-0.05, 0) is 30.5 Å². The van der Waals surface area contributed by atoms with Crippen LogP contribution in [0.2, 0.25) is 0 Å². The summed E-state index contributed by atoms with van der Waals surface area (Å²) in [6.07, 6.45) is 0. The molecule has 3 nitrogen and oxygen atoms in total. The molecule has 0 aliphatic heterocycles. The van der Waals surface area contributed by atoms with E-state index in [-0.39, 0.29) is 11.9 Å². The molecule has 1 aromatic carbocycles. The highest BCUT2D eigenvalue weighted by Gasteiger charge is 2.12. The molecule has 4 heteroatoms. The molecule has 0 fully saturated rings. The van der Waals surface area contributed by atoms with E-state index >= 15 is 0 Å². The minimum absolute atomic E-state index is 0.00307. The molecular formula is C15H18N2OS. The number of thiophene rings is 1. The maximum Gasteiger partial charge on any atom is 0.261 e. The molecule has 0 radical (unpaired) electrons. The van der Waals surface area contributed by atoms with Crippen LogP contribution < -0.4 is 10.2 Å². The van der Waals surface area contributed by atoms with Crippen LogP contribution in [0.15, 0.2) is 47.8 Å². The number of likely N-dealkylation sites (N-methyl/N-ethyl adjacent to an activating group) is 1. The second-order valence-corrected chi connectivity index (χ2v) is 5.43. The van der Waals surface area contributed by atoms with Gasteiger partial charge in [-0.1, -0.05) is 24.3 Å². The van der Waals surface area contributed by atoms with E-state index in [0.717, 1.165) is 10.6 Å². The monoisotopic (exact) mass is 274 g/mol. The minimum Gasteiger partial charge on any atom is -0.370 e. The van der Waals surface area contributed by atoms with Crippen molar-refractivity contribution in [2.24, 2.45) is 0 Å². The number of amides is 1. The number of nitrogens with one attached hydrogen (secondary N) is 1. The number of carbonyl (C=O) groups is 1. The zero-order valence-corrected chi connectivity index (χ0v) is 12.0. The highest BCUT2D eigenvalue weighted by molar-refractivity contribution is 7.12. The summed E-state index contributed by atoms with van der Waals surface area (Å²) in [4.78, 5) is 14.8. The zero-order chi connectivity index (χ0) is 13.7. The number of benzene rings is 1. The summed E-state index contributed by atoms with van der Waals surface area (Å²) in [7, 11) is 2.04. The predicted octanol–water partition coefficient (Wildman–Crippen LogP) is 3.00. The van der Waals surface area contributed by atoms with Gasteiger partial charge < -0.3 is 10.2 Å². The Balaban J connectivity index is 1.88. The first-order chi connectivity index (χ1) is 9.18. The Kier molecular flexibility index (Phi) is 4.58. The van der Waals surface area contributed by atoms with Crippen molar-refractivity contribution in [3.63, 3.8) is 0 Å². The van der Waals surface area contributed by atoms with Crippen molar-refractivity contribution in [1.82, 2.24) is 5.32 Å². The van der Waals surface area contributed by atoms with Crippen LogP contribution in [0.25, 0.3) is 0 Å². The number of rotatable bonds is 5. The Hall–Kier alpha value is -1.81. The lowest BCUT2D eigenvalue weighted by molar-refractivity contribution is 0.0955. The Morgan fingerprint density at radius 2 is 2.00 bits per heavy atom. The summed E-state index contributed by atoms with van der Waals surface area (Å²) in [5.41, 5.74) is 1.15. The van der Waals surface area contributed by atoms with Crippen LogP contribution in [-0.4, -0.2) is 25.5 Å². The Bertz CT molecular complexity index is 510. The van der Waals surface area contributed by atoms with Gasteiger partial charge in [-0.2, -0.15) is 0 Å². The number of hydrogen-bond donors (Lipinski definition) is 1. The molecule has 1 heterocycles. The van der Waals surface area contributed by atoms with Gasteiger partial charge in [0.15, 0.2) is 0 Å². The third kappa shape index (κ3) is 3.58. The maximum absolute atomic E-state index is 11.9. The zero-order valence-electron chi connectivity index (χ0n) is 11.2. The molecule has 1 aromatic heterocycles. The van der Waals surface area contributed by atoms with Gasteiger partial charge in [-0.15, -0.1) is 11.3 Å². The van der Waals surface area contributed by atoms with Gasteiger partial charge in [-0.25, -0.2) is 0 Å². The van der Waals surface area contributed by atoms with Crippen LogP contribution in [0, 0.1) is 0 Å². The van der Waals surface area contributed by atoms with E-state index in [0.29, 0.717) is 6.54 Å². The van der Waals surface area contributed by atoms with Crippen molar-refractivity contribution in [1.29, 1.82) is 0 Å². The van der Waals surface area contributed by atoms with Gasteiger partial charge in [0.1, 0.15) is 0 Å². The smallest absolute Gasteiger partial charge is 0.261 e. The lowest BCUT2D eigenvalue weighted by Gasteiger charge is -2.27. The summed E-state index contributed by atoms with van der Waals surface area (Å²) >= 11 is 1.46. The largest absolute Gasteiger partial charge is 0.370 e. The van der Waals surface area contributed by atoms with Crippen molar-refractivity contribution >= 4 is 22.9 Å². The average molecular weight is 274 g/mol. The maximum atomic E-state index is 11.9. The van der Waals surface area contributed by atoms with Crippen LogP contribution in [-0.2, 0) is 0 Å². The molecule has 19 heavy (non-hydrogen) atoms. The van der Waals surface area contributed by atoms with Gasteiger partial charge in [0.05, 0.1) is 4.88 Å². The van der Waals surface area contributed by atoms with E-state index in [1.165, 1.54) is 11.3 Å². The first kappa shape index (κ1) is 13.6. The van der Waals surface area contributed by atoms with Crippen LogP contribution in [0.4, 0.5) is 5.69 Å². The molecule has 0 saturated heterocycles. The number of nitrogens with zero attached hydrogens (tertiary/aromatic N) is 1. The number of anilines is 1. The summed E-state index contributed by atoms with van der Waals surface area (Å²) in [6, 6.07) is 14.1. The van der Waals surface area contributed by atoms with Crippen LogP contribution in [0.3, 0.4) is 0 Å². The second kappa shape index (κ2) is 6.38. The molecule has 0 aliphatic carbocycles. The molecule has 0 bridgehead atoms. The predicted molar refractivity (Wildman–Crippen MR) is 81.0 cm³/mol. The average Bonchev–Trinajstić information content (AvgIpc) is 2.98. The van der Waals surface area contributed by atoms with E-state index in [1.807, 2.05) is 42.8 Å². The van der Waals surface area contributed by atoms with Crippen LogP contribution in [0.5, 0.6) is 0 Å². The first-order valence-corrected chi connectivity index (χ1v) is 7.16. The second-order valence-electron chi connectivity index (χ2n) is 4.48. The van der Waals surface area contributed by atoms with Crippen LogP contribution >= 0.6 is 11.3 Å². The lowest BCUT2D eigenvalue weighted by Crippen LogP contribution is -2.40. The van der Waals surface area contributed by atoms with Crippen molar-refractivity contribution < 1.29 is 4.79 Å². The van der Waals surface area contributed by atoms with Gasteiger partial charge >= 0.3 is 0 Å². The fraction of sp³-hybridized carbons (Fsp3) is 0.267. The van der Waals surface area contributed by atoms with Crippen molar-refractivity contribution in [2.75, 3.05) is 18.5 Å². The molecule has 0 aliphatic rings. The SMILES string of the molecule is C[C@@H](CNC(=O)c1cccs1)N(C)c1ccccc1. The molecule has 2 aromatic rings. The fourth-order valence-electron chi connectivity index (χ4n) is 1.79. The normalized spacial score (nSPS) is 11.9. The highest BCUT2D eigenvalue weighted by Crippen LogP contribution is 2.14. The quantitative estimate of drug-likeness (QED) is 0.909. The summed E-state index contributed by atoms with van der Waals surface area (Å²) in [5.74, 6) is 0.00307. The summed E-state index contributed by atoms with van der Waals surface area (Å²) < 4.78 is 0.